The highest BCUT2D eigenvalue weighted by atomic mass is 16.4. The van der Waals surface area contributed by atoms with Crippen molar-refractivity contribution in [2.24, 2.45) is 5.92 Å². The highest BCUT2D eigenvalue weighted by molar-refractivity contribution is 5.74. The normalized spacial score (nSPS) is 24.8. The Kier molecular flexibility index (Phi) is 8.56. The zero-order chi connectivity index (χ0) is 20.7. The molecule has 0 saturated carbocycles. The fourth-order valence-corrected chi connectivity index (χ4v) is 4.53. The van der Waals surface area contributed by atoms with E-state index in [2.05, 4.69) is 31.0 Å². The molecule has 2 unspecified atom stereocenters. The van der Waals surface area contributed by atoms with Gasteiger partial charge in [-0.15, -0.1) is 0 Å². The first-order valence-electron chi connectivity index (χ1n) is 10.9. The van der Waals surface area contributed by atoms with Crippen LogP contribution in [-0.2, 0) is 4.79 Å². The molecule has 0 bridgehead atoms. The third kappa shape index (κ3) is 6.62. The van der Waals surface area contributed by atoms with Gasteiger partial charge in [-0.25, -0.2) is 4.79 Å². The van der Waals surface area contributed by atoms with Crippen molar-refractivity contribution >= 4 is 12.0 Å². The maximum Gasteiger partial charge on any atom is 0.317 e. The molecule has 28 heavy (non-hydrogen) atoms. The number of piperidine rings is 1. The van der Waals surface area contributed by atoms with E-state index in [-0.39, 0.29) is 24.2 Å². The van der Waals surface area contributed by atoms with Gasteiger partial charge in [0.1, 0.15) is 0 Å². The molecule has 7 nitrogen and oxygen atoms in total. The molecule has 2 heterocycles. The highest BCUT2D eigenvalue weighted by Crippen LogP contribution is 2.25. The number of urea groups is 1. The lowest BCUT2D eigenvalue weighted by Crippen LogP contribution is -2.56. The fraction of sp³-hybridized carbons (Fsp3) is 0.905. The molecule has 2 rings (SSSR count). The molecular formula is C21H40N4O3. The van der Waals surface area contributed by atoms with Crippen molar-refractivity contribution in [3.05, 3.63) is 0 Å². The second-order valence-electron chi connectivity index (χ2n) is 9.21. The van der Waals surface area contributed by atoms with Gasteiger partial charge >= 0.3 is 12.0 Å². The third-order valence-corrected chi connectivity index (χ3v) is 6.62. The minimum atomic E-state index is -0.799. The quantitative estimate of drug-likeness (QED) is 0.691. The molecule has 0 spiro atoms. The van der Waals surface area contributed by atoms with Crippen LogP contribution in [0.2, 0.25) is 0 Å². The number of carboxylic acid groups (broad SMARTS) is 1. The van der Waals surface area contributed by atoms with Crippen LogP contribution in [0.15, 0.2) is 0 Å². The standard InChI is InChI=1S/C21H40N4O3/c1-5-17-8-6-12-25(14-17)21(2,3)16-22-20(28)24-11-7-9-18(10-13-24)23(4)15-19(26)27/h17-18H,5-16H2,1-4H3,(H,22,28)(H,26,27). The van der Waals surface area contributed by atoms with Crippen LogP contribution in [0, 0.1) is 5.92 Å². The van der Waals surface area contributed by atoms with Crippen molar-refractivity contribution < 1.29 is 14.7 Å². The second kappa shape index (κ2) is 10.4. The van der Waals surface area contributed by atoms with Gasteiger partial charge in [0.2, 0.25) is 0 Å². The van der Waals surface area contributed by atoms with Crippen molar-refractivity contribution in [3.8, 4) is 0 Å². The number of aliphatic carboxylic acids is 1. The summed E-state index contributed by atoms with van der Waals surface area (Å²) in [6, 6.07) is 0.239. The summed E-state index contributed by atoms with van der Waals surface area (Å²) in [4.78, 5) is 30.0. The fourth-order valence-electron chi connectivity index (χ4n) is 4.53. The number of hydrogen-bond acceptors (Lipinski definition) is 4. The lowest BCUT2D eigenvalue weighted by molar-refractivity contribution is -0.138. The van der Waals surface area contributed by atoms with Crippen LogP contribution < -0.4 is 5.32 Å². The van der Waals surface area contributed by atoms with Crippen LogP contribution in [0.5, 0.6) is 0 Å². The van der Waals surface area contributed by atoms with E-state index in [1.807, 2.05) is 16.8 Å². The van der Waals surface area contributed by atoms with Gasteiger partial charge in [-0.05, 0) is 65.5 Å². The summed E-state index contributed by atoms with van der Waals surface area (Å²) in [7, 11) is 1.86. The van der Waals surface area contributed by atoms with Gasteiger partial charge in [0.05, 0.1) is 6.54 Å². The van der Waals surface area contributed by atoms with E-state index >= 15 is 0 Å². The predicted octanol–water partition coefficient (Wildman–Crippen LogP) is 2.47. The Morgan fingerprint density at radius 2 is 1.86 bits per heavy atom. The van der Waals surface area contributed by atoms with Gasteiger partial charge in [-0.3, -0.25) is 14.6 Å². The first-order valence-corrected chi connectivity index (χ1v) is 10.9. The third-order valence-electron chi connectivity index (χ3n) is 6.62. The summed E-state index contributed by atoms with van der Waals surface area (Å²) in [6.45, 7) is 11.1. The molecule has 0 aromatic rings. The molecule has 2 fully saturated rings. The molecule has 0 aromatic carbocycles. The largest absolute Gasteiger partial charge is 0.480 e. The smallest absolute Gasteiger partial charge is 0.317 e. The Hall–Kier alpha value is -1.34. The van der Waals surface area contributed by atoms with E-state index in [1.54, 1.807) is 0 Å². The van der Waals surface area contributed by atoms with Crippen LogP contribution in [0.4, 0.5) is 4.79 Å². The van der Waals surface area contributed by atoms with E-state index in [0.717, 1.165) is 44.8 Å². The molecule has 0 aromatic heterocycles. The van der Waals surface area contributed by atoms with E-state index in [0.29, 0.717) is 13.1 Å². The van der Waals surface area contributed by atoms with Gasteiger partial charge < -0.3 is 15.3 Å². The van der Waals surface area contributed by atoms with E-state index in [4.69, 9.17) is 5.11 Å². The molecule has 162 valence electrons. The molecule has 7 heteroatoms. The number of carbonyl (C=O) groups excluding carboxylic acids is 1. The Morgan fingerprint density at radius 3 is 2.54 bits per heavy atom. The van der Waals surface area contributed by atoms with E-state index < -0.39 is 5.97 Å². The van der Waals surface area contributed by atoms with Crippen molar-refractivity contribution in [1.29, 1.82) is 0 Å². The summed E-state index contributed by atoms with van der Waals surface area (Å²) < 4.78 is 0. The maximum atomic E-state index is 12.7. The number of rotatable bonds is 7. The number of nitrogens with zero attached hydrogens (tertiary/aromatic N) is 3. The minimum absolute atomic E-state index is 0.0127. The Labute approximate surface area is 170 Å². The number of likely N-dealkylation sites (tertiary alicyclic amines) is 2. The molecule has 0 radical (unpaired) electrons. The number of hydrogen-bond donors (Lipinski definition) is 2. The van der Waals surface area contributed by atoms with Crippen LogP contribution in [0.3, 0.4) is 0 Å². The zero-order valence-electron chi connectivity index (χ0n) is 18.2. The SMILES string of the molecule is CCC1CCCN(C(C)(C)CNC(=O)N2CCCC(N(C)CC(=O)O)CC2)C1. The molecule has 2 atom stereocenters. The average Bonchev–Trinajstić information content (AvgIpc) is 2.92. The van der Waals surface area contributed by atoms with Gasteiger partial charge in [0.25, 0.3) is 0 Å². The molecule has 2 amide bonds. The summed E-state index contributed by atoms with van der Waals surface area (Å²) >= 11 is 0. The first kappa shape index (κ1) is 22.9. The number of carboxylic acids is 1. The van der Waals surface area contributed by atoms with Gasteiger partial charge in [0.15, 0.2) is 0 Å². The summed E-state index contributed by atoms with van der Waals surface area (Å²) in [5.74, 6) is -0.0272. The van der Waals surface area contributed by atoms with Crippen molar-refractivity contribution in [1.82, 2.24) is 20.0 Å². The average molecular weight is 397 g/mol. The molecule has 2 saturated heterocycles. The molecule has 0 aliphatic carbocycles. The van der Waals surface area contributed by atoms with Crippen LogP contribution >= 0.6 is 0 Å². The first-order chi connectivity index (χ1) is 13.2. The monoisotopic (exact) mass is 396 g/mol. The summed E-state index contributed by atoms with van der Waals surface area (Å²) in [5.41, 5.74) is -0.0421. The van der Waals surface area contributed by atoms with Crippen molar-refractivity contribution in [2.75, 3.05) is 46.3 Å². The van der Waals surface area contributed by atoms with Crippen molar-refractivity contribution in [3.63, 3.8) is 0 Å². The number of carbonyl (C=O) groups is 2. The topological polar surface area (TPSA) is 76.1 Å². The number of nitrogens with one attached hydrogen (secondary N) is 1. The van der Waals surface area contributed by atoms with Gasteiger partial charge in [-0.1, -0.05) is 13.3 Å². The molecular weight excluding hydrogens is 356 g/mol. The number of likely N-dealkylation sites (N-methyl/N-ethyl adjacent to an activating group) is 1. The van der Waals surface area contributed by atoms with E-state index in [1.165, 1.54) is 19.3 Å². The highest BCUT2D eigenvalue weighted by Gasteiger charge is 2.32. The number of amides is 2. The maximum absolute atomic E-state index is 12.7. The molecule has 2 N–H and O–H groups in total. The Bertz CT molecular complexity index is 526. The van der Waals surface area contributed by atoms with Crippen LogP contribution in [0.25, 0.3) is 0 Å². The zero-order valence-corrected chi connectivity index (χ0v) is 18.2. The Balaban J connectivity index is 1.81. The van der Waals surface area contributed by atoms with Gasteiger partial charge in [0, 0.05) is 37.8 Å². The molecule has 2 aliphatic heterocycles. The van der Waals surface area contributed by atoms with Crippen LogP contribution in [-0.4, -0.2) is 89.7 Å². The summed E-state index contributed by atoms with van der Waals surface area (Å²) in [5, 5.41) is 12.2. The minimum Gasteiger partial charge on any atom is -0.480 e. The summed E-state index contributed by atoms with van der Waals surface area (Å²) in [6.07, 6.45) is 6.46. The van der Waals surface area contributed by atoms with E-state index in [9.17, 15) is 9.59 Å². The van der Waals surface area contributed by atoms with Crippen LogP contribution in [0.1, 0.15) is 59.3 Å². The predicted molar refractivity (Wildman–Crippen MR) is 112 cm³/mol. The second-order valence-corrected chi connectivity index (χ2v) is 9.21. The molecule has 2 aliphatic rings. The lowest BCUT2D eigenvalue weighted by atomic mass is 9.91. The Morgan fingerprint density at radius 1 is 1.14 bits per heavy atom. The lowest BCUT2D eigenvalue weighted by Gasteiger charge is -2.43. The van der Waals surface area contributed by atoms with Crippen molar-refractivity contribution in [2.45, 2.75) is 70.9 Å². The van der Waals surface area contributed by atoms with Gasteiger partial charge in [-0.2, -0.15) is 0 Å².